The summed E-state index contributed by atoms with van der Waals surface area (Å²) in [5.74, 6) is -4.83. The van der Waals surface area contributed by atoms with E-state index in [-0.39, 0.29) is 0 Å². The lowest BCUT2D eigenvalue weighted by Gasteiger charge is -2.27. The van der Waals surface area contributed by atoms with Crippen LogP contribution in [0.15, 0.2) is 25.3 Å². The van der Waals surface area contributed by atoms with Crippen LogP contribution >= 0.6 is 0 Å². The van der Waals surface area contributed by atoms with Crippen molar-refractivity contribution in [1.82, 2.24) is 0 Å². The molecule has 0 saturated heterocycles. The van der Waals surface area contributed by atoms with Crippen LogP contribution in [0, 0.1) is 0 Å². The lowest BCUT2D eigenvalue weighted by atomic mass is 10.3. The van der Waals surface area contributed by atoms with Gasteiger partial charge in [-0.2, -0.15) is 0 Å². The maximum atomic E-state index is 10.8. The molecule has 0 amide bonds. The minimum absolute atomic E-state index is 0.745. The van der Waals surface area contributed by atoms with E-state index in [4.69, 9.17) is 5.11 Å². The summed E-state index contributed by atoms with van der Waals surface area (Å²) in [5.41, 5.74) is 0. The van der Waals surface area contributed by atoms with Crippen LogP contribution < -0.4 is 0 Å². The Hall–Kier alpha value is -1.66. The van der Waals surface area contributed by atoms with Crippen molar-refractivity contribution in [3.05, 3.63) is 25.3 Å². The molecule has 0 fully saturated rings. The molecule has 0 aromatic heterocycles. The number of hydrogen-bond donors (Lipinski definition) is 2. The number of carbonyl (C=O) groups is 2. The molecule has 1 atom stereocenters. The molecule has 84 valence electrons. The highest BCUT2D eigenvalue weighted by Gasteiger charge is 2.41. The first kappa shape index (κ1) is 13.3. The van der Waals surface area contributed by atoms with Crippen molar-refractivity contribution in [3.63, 3.8) is 0 Å². The number of esters is 2. The second-order valence-electron chi connectivity index (χ2n) is 2.56. The van der Waals surface area contributed by atoms with Crippen LogP contribution in [-0.4, -0.2) is 34.2 Å². The molecule has 0 spiro atoms. The summed E-state index contributed by atoms with van der Waals surface area (Å²) in [6.45, 7) is 7.23. The highest BCUT2D eigenvalue weighted by Crippen LogP contribution is 2.15. The summed E-state index contributed by atoms with van der Waals surface area (Å²) in [6, 6.07) is 0. The molecular formula is C9H12O6. The van der Waals surface area contributed by atoms with Crippen molar-refractivity contribution in [1.29, 1.82) is 0 Å². The van der Waals surface area contributed by atoms with Gasteiger partial charge in [-0.15, -0.1) is 0 Å². The van der Waals surface area contributed by atoms with Crippen LogP contribution in [0.3, 0.4) is 0 Å². The van der Waals surface area contributed by atoms with Gasteiger partial charge in [0.1, 0.15) is 0 Å². The van der Waals surface area contributed by atoms with E-state index in [0.29, 0.717) is 0 Å². The van der Waals surface area contributed by atoms with Gasteiger partial charge in [0.15, 0.2) is 6.10 Å². The van der Waals surface area contributed by atoms with E-state index < -0.39 is 24.0 Å². The Morgan fingerprint density at radius 1 is 1.27 bits per heavy atom. The van der Waals surface area contributed by atoms with Crippen molar-refractivity contribution in [2.45, 2.75) is 19.0 Å². The maximum Gasteiger partial charge on any atom is 0.401 e. The molecule has 0 aromatic carbocycles. The lowest BCUT2D eigenvalue weighted by molar-refractivity contribution is -0.354. The predicted octanol–water partition coefficient (Wildman–Crippen LogP) is -0.528. The average molecular weight is 216 g/mol. The largest absolute Gasteiger partial charge is 0.401 e. The molecule has 0 saturated carbocycles. The van der Waals surface area contributed by atoms with Crippen LogP contribution in [0.1, 0.15) is 6.92 Å². The molecule has 0 rings (SSSR count). The topological polar surface area (TPSA) is 93.1 Å². The zero-order valence-electron chi connectivity index (χ0n) is 8.17. The van der Waals surface area contributed by atoms with Gasteiger partial charge in [-0.25, -0.2) is 9.59 Å². The van der Waals surface area contributed by atoms with E-state index in [1.165, 1.54) is 0 Å². The molecule has 0 aliphatic rings. The van der Waals surface area contributed by atoms with Crippen LogP contribution in [0.5, 0.6) is 0 Å². The summed E-state index contributed by atoms with van der Waals surface area (Å²) >= 11 is 0. The van der Waals surface area contributed by atoms with E-state index in [0.717, 1.165) is 19.1 Å². The molecule has 0 aliphatic carbocycles. The van der Waals surface area contributed by atoms with E-state index in [1.54, 1.807) is 0 Å². The quantitative estimate of drug-likeness (QED) is 0.364. The van der Waals surface area contributed by atoms with E-state index in [9.17, 15) is 14.7 Å². The first-order valence-corrected chi connectivity index (χ1v) is 3.97. The van der Waals surface area contributed by atoms with Gasteiger partial charge in [0.25, 0.3) is 0 Å². The SMILES string of the molecule is C=CC(=O)OC(O)(OC(=O)C=C)C(C)O. The third-order valence-corrected chi connectivity index (χ3v) is 1.35. The van der Waals surface area contributed by atoms with Gasteiger partial charge < -0.3 is 19.7 Å². The van der Waals surface area contributed by atoms with Gasteiger partial charge >= 0.3 is 17.9 Å². The first-order valence-electron chi connectivity index (χ1n) is 3.97. The van der Waals surface area contributed by atoms with E-state index in [2.05, 4.69) is 22.6 Å². The Labute approximate surface area is 86.4 Å². The Balaban J connectivity index is 4.73. The number of aliphatic hydroxyl groups is 2. The molecule has 0 heterocycles. The Morgan fingerprint density at radius 3 is 1.80 bits per heavy atom. The highest BCUT2D eigenvalue weighted by atomic mass is 16.8. The number of carbonyl (C=O) groups excluding carboxylic acids is 2. The zero-order chi connectivity index (χ0) is 12.1. The summed E-state index contributed by atoms with van der Waals surface area (Å²) in [7, 11) is 0. The van der Waals surface area contributed by atoms with Gasteiger partial charge in [-0.05, 0) is 6.92 Å². The standard InChI is InChI=1S/C9H12O6/c1-4-7(11)14-9(13,6(3)10)15-8(12)5-2/h4-6,10,13H,1-2H2,3H3. The fourth-order valence-corrected chi connectivity index (χ4v) is 0.563. The van der Waals surface area contributed by atoms with Crippen LogP contribution in [0.2, 0.25) is 0 Å². The average Bonchev–Trinajstić information content (AvgIpc) is 2.16. The number of hydrogen-bond acceptors (Lipinski definition) is 6. The molecule has 6 nitrogen and oxygen atoms in total. The second-order valence-corrected chi connectivity index (χ2v) is 2.56. The van der Waals surface area contributed by atoms with Crippen LogP contribution in [0.25, 0.3) is 0 Å². The van der Waals surface area contributed by atoms with E-state index >= 15 is 0 Å². The summed E-state index contributed by atoms with van der Waals surface area (Å²) in [6.07, 6.45) is -0.130. The van der Waals surface area contributed by atoms with Crippen molar-refractivity contribution in [2.24, 2.45) is 0 Å². The van der Waals surface area contributed by atoms with Crippen LogP contribution in [-0.2, 0) is 19.1 Å². The Morgan fingerprint density at radius 2 is 1.60 bits per heavy atom. The molecule has 0 radical (unpaired) electrons. The molecular weight excluding hydrogens is 204 g/mol. The highest BCUT2D eigenvalue weighted by molar-refractivity contribution is 5.83. The first-order chi connectivity index (χ1) is 6.85. The van der Waals surface area contributed by atoms with Crippen molar-refractivity contribution >= 4 is 11.9 Å². The van der Waals surface area contributed by atoms with Crippen molar-refractivity contribution < 1.29 is 29.3 Å². The molecule has 6 heteroatoms. The van der Waals surface area contributed by atoms with Gasteiger partial charge in [-0.3, -0.25) is 0 Å². The molecule has 0 aliphatic heterocycles. The number of ether oxygens (including phenoxy) is 2. The predicted molar refractivity (Wildman–Crippen MR) is 49.2 cm³/mol. The second kappa shape index (κ2) is 5.28. The van der Waals surface area contributed by atoms with Crippen LogP contribution in [0.4, 0.5) is 0 Å². The smallest absolute Gasteiger partial charge is 0.393 e. The normalized spacial score (nSPS) is 12.5. The fourth-order valence-electron chi connectivity index (χ4n) is 0.563. The molecule has 0 bridgehead atoms. The summed E-state index contributed by atoms with van der Waals surface area (Å²) in [4.78, 5) is 21.5. The number of rotatable bonds is 5. The molecule has 2 N–H and O–H groups in total. The van der Waals surface area contributed by atoms with Gasteiger partial charge in [0, 0.05) is 12.2 Å². The molecule has 0 aromatic rings. The fraction of sp³-hybridized carbons (Fsp3) is 0.333. The lowest BCUT2D eigenvalue weighted by Crippen LogP contribution is -2.48. The Bertz CT molecular complexity index is 258. The minimum atomic E-state index is -2.74. The molecule has 15 heavy (non-hydrogen) atoms. The third-order valence-electron chi connectivity index (χ3n) is 1.35. The Kier molecular flexibility index (Phi) is 4.69. The van der Waals surface area contributed by atoms with Crippen molar-refractivity contribution in [3.8, 4) is 0 Å². The van der Waals surface area contributed by atoms with Gasteiger partial charge in [0.05, 0.1) is 0 Å². The maximum absolute atomic E-state index is 10.8. The summed E-state index contributed by atoms with van der Waals surface area (Å²) < 4.78 is 8.56. The minimum Gasteiger partial charge on any atom is -0.393 e. The third kappa shape index (κ3) is 3.92. The van der Waals surface area contributed by atoms with Crippen molar-refractivity contribution in [2.75, 3.05) is 0 Å². The molecule has 1 unspecified atom stereocenters. The number of aliphatic hydroxyl groups excluding tert-OH is 1. The van der Waals surface area contributed by atoms with Gasteiger partial charge in [-0.1, -0.05) is 13.2 Å². The van der Waals surface area contributed by atoms with Gasteiger partial charge in [0.2, 0.25) is 0 Å². The van der Waals surface area contributed by atoms with E-state index in [1.807, 2.05) is 0 Å². The zero-order valence-corrected chi connectivity index (χ0v) is 8.17. The monoisotopic (exact) mass is 216 g/mol. The summed E-state index contributed by atoms with van der Waals surface area (Å²) in [5, 5.41) is 18.5.